The van der Waals surface area contributed by atoms with Crippen LogP contribution in [-0.4, -0.2) is 28.4 Å². The predicted octanol–water partition coefficient (Wildman–Crippen LogP) is 3.54. The van der Waals surface area contributed by atoms with Gasteiger partial charge in [0.25, 0.3) is 0 Å². The number of benzene rings is 1. The van der Waals surface area contributed by atoms with Crippen LogP contribution in [-0.2, 0) is 9.59 Å². The lowest BCUT2D eigenvalue weighted by Crippen LogP contribution is -2.28. The zero-order chi connectivity index (χ0) is 18.5. The molecule has 1 saturated heterocycles. The minimum Gasteiger partial charge on any atom is -0.463 e. The number of anilines is 1. The van der Waals surface area contributed by atoms with E-state index in [1.165, 1.54) is 12.5 Å². The molecule has 0 unspecified atom stereocenters. The van der Waals surface area contributed by atoms with Crippen molar-refractivity contribution in [3.05, 3.63) is 52.4 Å². The number of halogens is 2. The third-order valence-corrected chi connectivity index (χ3v) is 5.04. The number of nitrogens with zero attached hydrogens (tertiary/aromatic N) is 2. The molecule has 1 fully saturated rings. The van der Waals surface area contributed by atoms with E-state index >= 15 is 0 Å². The van der Waals surface area contributed by atoms with Gasteiger partial charge in [0, 0.05) is 12.1 Å². The number of thioether (sulfide) groups is 1. The Bertz CT molecular complexity index is 884. The Morgan fingerprint density at radius 2 is 2.19 bits per heavy atom. The van der Waals surface area contributed by atoms with Crippen molar-refractivity contribution in [2.75, 3.05) is 5.32 Å². The third-order valence-electron chi connectivity index (χ3n) is 3.23. The molecule has 26 heavy (non-hydrogen) atoms. The molecular weight excluding hydrogens is 399 g/mol. The molecule has 0 spiro atoms. The number of rotatable bonds is 5. The molecule has 1 atom stereocenters. The van der Waals surface area contributed by atoms with Crippen molar-refractivity contribution < 1.29 is 14.0 Å². The summed E-state index contributed by atoms with van der Waals surface area (Å²) in [4.78, 5) is 24.1. The Morgan fingerprint density at radius 3 is 2.92 bits per heavy atom. The first-order valence-corrected chi connectivity index (χ1v) is 9.02. The van der Waals surface area contributed by atoms with Crippen LogP contribution in [0.15, 0.2) is 51.2 Å². The number of hydrogen-bond donors (Lipinski definition) is 2. The first kappa shape index (κ1) is 18.5. The summed E-state index contributed by atoms with van der Waals surface area (Å²) in [7, 11) is 0. The monoisotopic (exact) mass is 410 g/mol. The number of carbonyl (C=O) groups is 2. The minimum atomic E-state index is -0.588. The van der Waals surface area contributed by atoms with Gasteiger partial charge in [0.05, 0.1) is 22.5 Å². The molecule has 134 valence electrons. The molecule has 1 aliphatic heterocycles. The number of amidine groups is 1. The molecule has 1 aromatic carbocycles. The lowest BCUT2D eigenvalue weighted by atomic mass is 10.2. The van der Waals surface area contributed by atoms with Crippen LogP contribution in [0, 0.1) is 0 Å². The van der Waals surface area contributed by atoms with E-state index in [2.05, 4.69) is 20.8 Å². The molecule has 2 heterocycles. The Morgan fingerprint density at radius 1 is 1.35 bits per heavy atom. The summed E-state index contributed by atoms with van der Waals surface area (Å²) >= 11 is 12.9. The van der Waals surface area contributed by atoms with E-state index < -0.39 is 5.25 Å². The molecule has 2 aromatic rings. The highest BCUT2D eigenvalue weighted by Crippen LogP contribution is 2.26. The molecule has 2 N–H and O–H groups in total. The molecule has 1 aliphatic rings. The highest BCUT2D eigenvalue weighted by molar-refractivity contribution is 8.15. The van der Waals surface area contributed by atoms with E-state index in [1.807, 2.05) is 0 Å². The first-order chi connectivity index (χ1) is 12.5. The first-order valence-electron chi connectivity index (χ1n) is 7.38. The van der Waals surface area contributed by atoms with Crippen molar-refractivity contribution >= 4 is 63.8 Å². The lowest BCUT2D eigenvalue weighted by Gasteiger charge is -2.08. The van der Waals surface area contributed by atoms with Crippen molar-refractivity contribution in [1.82, 2.24) is 5.32 Å². The summed E-state index contributed by atoms with van der Waals surface area (Å²) in [5.41, 5.74) is 0.504. The van der Waals surface area contributed by atoms with Crippen LogP contribution >= 0.6 is 35.0 Å². The molecule has 0 bridgehead atoms. The normalized spacial score (nSPS) is 18.5. The highest BCUT2D eigenvalue weighted by Gasteiger charge is 2.32. The Hall–Kier alpha value is -2.29. The molecule has 3 rings (SSSR count). The van der Waals surface area contributed by atoms with Gasteiger partial charge in [-0.15, -0.1) is 5.10 Å². The smallest absolute Gasteiger partial charge is 0.240 e. The zero-order valence-corrected chi connectivity index (χ0v) is 15.4. The fourth-order valence-electron chi connectivity index (χ4n) is 2.04. The summed E-state index contributed by atoms with van der Waals surface area (Å²) in [6.07, 6.45) is 2.92. The molecule has 1 aromatic heterocycles. The van der Waals surface area contributed by atoms with Crippen molar-refractivity contribution in [1.29, 1.82) is 0 Å². The van der Waals surface area contributed by atoms with Crippen molar-refractivity contribution in [2.45, 2.75) is 11.7 Å². The molecule has 2 amide bonds. The van der Waals surface area contributed by atoms with Crippen molar-refractivity contribution in [2.24, 2.45) is 10.2 Å². The molecule has 10 heteroatoms. The molecule has 0 aliphatic carbocycles. The van der Waals surface area contributed by atoms with E-state index in [-0.39, 0.29) is 18.2 Å². The molecule has 0 saturated carbocycles. The number of carbonyl (C=O) groups excluding carboxylic acids is 2. The van der Waals surface area contributed by atoms with Gasteiger partial charge >= 0.3 is 0 Å². The van der Waals surface area contributed by atoms with Gasteiger partial charge in [0.15, 0.2) is 5.17 Å². The number of nitrogens with one attached hydrogen (secondary N) is 2. The maximum absolute atomic E-state index is 12.1. The van der Waals surface area contributed by atoms with E-state index in [0.29, 0.717) is 26.7 Å². The van der Waals surface area contributed by atoms with Crippen LogP contribution in [0.4, 0.5) is 5.69 Å². The van der Waals surface area contributed by atoms with Crippen LogP contribution < -0.4 is 10.6 Å². The average molecular weight is 411 g/mol. The third kappa shape index (κ3) is 4.87. The van der Waals surface area contributed by atoms with Gasteiger partial charge in [-0.1, -0.05) is 35.0 Å². The lowest BCUT2D eigenvalue weighted by molar-refractivity contribution is -0.122. The SMILES string of the molecule is O=C(C[C@@H]1S/C(=N/N=C\c2ccco2)NC1=O)Nc1ccc(Cl)c(Cl)c1. The van der Waals surface area contributed by atoms with Gasteiger partial charge in [0.2, 0.25) is 11.8 Å². The summed E-state index contributed by atoms with van der Waals surface area (Å²) in [6.45, 7) is 0. The van der Waals surface area contributed by atoms with Gasteiger partial charge in [0.1, 0.15) is 11.0 Å². The second kappa shape index (κ2) is 8.39. The van der Waals surface area contributed by atoms with Crippen molar-refractivity contribution in [3.63, 3.8) is 0 Å². The van der Waals surface area contributed by atoms with Gasteiger partial charge in [-0.2, -0.15) is 5.10 Å². The Kier molecular flexibility index (Phi) is 5.97. The molecule has 0 radical (unpaired) electrons. The molecular formula is C16H12Cl2N4O3S. The maximum Gasteiger partial charge on any atom is 0.240 e. The topological polar surface area (TPSA) is 96.1 Å². The van der Waals surface area contributed by atoms with Crippen LogP contribution in [0.3, 0.4) is 0 Å². The predicted molar refractivity (Wildman–Crippen MR) is 103 cm³/mol. The standard InChI is InChI=1S/C16H12Cl2N4O3S/c17-11-4-3-9(6-12(11)18)20-14(23)7-13-15(24)21-16(26-13)22-19-8-10-2-1-5-25-10/h1-6,8,13H,7H2,(H,20,23)(H,21,22,24)/b19-8-/t13-/m0/s1. The number of furan rings is 1. The number of amides is 2. The van der Waals surface area contributed by atoms with Gasteiger partial charge in [-0.25, -0.2) is 0 Å². The van der Waals surface area contributed by atoms with E-state index in [4.69, 9.17) is 27.6 Å². The quantitative estimate of drug-likeness (QED) is 0.581. The van der Waals surface area contributed by atoms with Gasteiger partial charge < -0.3 is 15.1 Å². The zero-order valence-electron chi connectivity index (χ0n) is 13.1. The van der Waals surface area contributed by atoms with Crippen molar-refractivity contribution in [3.8, 4) is 0 Å². The number of hydrogen-bond acceptors (Lipinski definition) is 6. The van der Waals surface area contributed by atoms with Gasteiger partial charge in [-0.3, -0.25) is 9.59 Å². The maximum atomic E-state index is 12.1. The van der Waals surface area contributed by atoms with E-state index in [0.717, 1.165) is 11.8 Å². The van der Waals surface area contributed by atoms with E-state index in [1.54, 1.807) is 30.3 Å². The molecule has 7 nitrogen and oxygen atoms in total. The second-order valence-electron chi connectivity index (χ2n) is 5.14. The average Bonchev–Trinajstić information content (AvgIpc) is 3.22. The van der Waals surface area contributed by atoms with Crippen LogP contribution in [0.25, 0.3) is 0 Å². The van der Waals surface area contributed by atoms with Crippen LogP contribution in [0.5, 0.6) is 0 Å². The summed E-state index contributed by atoms with van der Waals surface area (Å²) in [5, 5.41) is 13.5. The minimum absolute atomic E-state index is 0.0162. The van der Waals surface area contributed by atoms with Gasteiger partial charge in [-0.05, 0) is 30.3 Å². The second-order valence-corrected chi connectivity index (χ2v) is 7.15. The van der Waals surface area contributed by atoms with Crippen LogP contribution in [0.2, 0.25) is 10.0 Å². The summed E-state index contributed by atoms with van der Waals surface area (Å²) in [5.74, 6) is -0.0798. The fourth-order valence-corrected chi connectivity index (χ4v) is 3.27. The summed E-state index contributed by atoms with van der Waals surface area (Å²) in [6, 6.07) is 8.20. The van der Waals surface area contributed by atoms with Crippen LogP contribution in [0.1, 0.15) is 12.2 Å². The Balaban J connectivity index is 1.55. The Labute approximate surface area is 162 Å². The highest BCUT2D eigenvalue weighted by atomic mass is 35.5. The van der Waals surface area contributed by atoms with E-state index in [9.17, 15) is 9.59 Å². The summed E-state index contributed by atoms with van der Waals surface area (Å²) < 4.78 is 5.08. The fraction of sp³-hybridized carbons (Fsp3) is 0.125. The largest absolute Gasteiger partial charge is 0.463 e.